The molecule has 0 spiro atoms. The van der Waals surface area contributed by atoms with Crippen LogP contribution in [-0.2, 0) is 5.92 Å². The van der Waals surface area contributed by atoms with Gasteiger partial charge in [-0.25, -0.2) is 18.7 Å². The molecule has 2 N–H and O–H groups in total. The summed E-state index contributed by atoms with van der Waals surface area (Å²) >= 11 is 0. The first-order valence-corrected chi connectivity index (χ1v) is 5.02. The average molecular weight is 259 g/mol. The van der Waals surface area contributed by atoms with Crippen LogP contribution < -0.4 is 5.73 Å². The van der Waals surface area contributed by atoms with E-state index in [9.17, 15) is 17.6 Å². The van der Waals surface area contributed by atoms with Crippen LogP contribution in [0.1, 0.15) is 11.4 Å². The maximum atomic E-state index is 13.1. The molecular weight excluding hydrogens is 250 g/mol. The van der Waals surface area contributed by atoms with E-state index in [1.165, 1.54) is 6.07 Å². The van der Waals surface area contributed by atoms with Crippen molar-refractivity contribution in [2.24, 2.45) is 0 Å². The van der Waals surface area contributed by atoms with E-state index >= 15 is 0 Å². The lowest BCUT2D eigenvalue weighted by molar-refractivity contribution is -0.140. The smallest absolute Gasteiger partial charge is 0.365 e. The number of nitrogens with zero attached hydrogens (tertiary/aromatic N) is 2. The van der Waals surface area contributed by atoms with Gasteiger partial charge in [-0.05, 0) is 19.1 Å². The van der Waals surface area contributed by atoms with Gasteiger partial charge in [0.05, 0.1) is 5.52 Å². The summed E-state index contributed by atoms with van der Waals surface area (Å²) in [6.07, 6.45) is -3.88. The van der Waals surface area contributed by atoms with Crippen LogP contribution in [-0.4, -0.2) is 16.4 Å². The van der Waals surface area contributed by atoms with E-state index in [4.69, 9.17) is 5.73 Å². The number of nitrogens with two attached hydrogens (primary N) is 1. The molecule has 0 aliphatic heterocycles. The van der Waals surface area contributed by atoms with Gasteiger partial charge in [-0.2, -0.15) is 8.78 Å². The van der Waals surface area contributed by atoms with Gasteiger partial charge in [0, 0.05) is 5.39 Å². The third-order valence-corrected chi connectivity index (χ3v) is 2.45. The van der Waals surface area contributed by atoms with Gasteiger partial charge < -0.3 is 5.73 Å². The minimum Gasteiger partial charge on any atom is -0.383 e. The second-order valence-corrected chi connectivity index (χ2v) is 3.88. The van der Waals surface area contributed by atoms with Crippen molar-refractivity contribution in [3.05, 3.63) is 29.6 Å². The summed E-state index contributed by atoms with van der Waals surface area (Å²) in [5.41, 5.74) is 6.45. The Morgan fingerprint density at radius 2 is 1.89 bits per heavy atom. The predicted octanol–water partition coefficient (Wildman–Crippen LogP) is 2.88. The van der Waals surface area contributed by atoms with Crippen molar-refractivity contribution in [1.29, 1.82) is 0 Å². The number of benzene rings is 1. The standard InChI is InChI=1S/C11H9F4N3/c1-5-2-3-7-6(4-5)8(16)18-10(17-7)11(14,15)9(12)13/h2-4,9H,1H3,(H2,16,17,18). The molecule has 1 heterocycles. The normalized spacial score (nSPS) is 12.3. The van der Waals surface area contributed by atoms with Crippen molar-refractivity contribution < 1.29 is 17.6 Å². The van der Waals surface area contributed by atoms with E-state index in [1.807, 2.05) is 0 Å². The number of hydrogen-bond donors (Lipinski definition) is 1. The van der Waals surface area contributed by atoms with E-state index in [-0.39, 0.29) is 11.3 Å². The number of hydrogen-bond acceptors (Lipinski definition) is 3. The molecule has 7 heteroatoms. The summed E-state index contributed by atoms with van der Waals surface area (Å²) in [7, 11) is 0. The van der Waals surface area contributed by atoms with Crippen molar-refractivity contribution in [3.63, 3.8) is 0 Å². The number of nitrogen functional groups attached to an aromatic ring is 1. The SMILES string of the molecule is Cc1ccc2nc(C(F)(F)C(F)F)nc(N)c2c1. The Morgan fingerprint density at radius 1 is 1.22 bits per heavy atom. The van der Waals surface area contributed by atoms with E-state index in [0.29, 0.717) is 5.39 Å². The largest absolute Gasteiger partial charge is 0.383 e. The van der Waals surface area contributed by atoms with Gasteiger partial charge in [0.2, 0.25) is 5.82 Å². The van der Waals surface area contributed by atoms with Crippen LogP contribution >= 0.6 is 0 Å². The Bertz CT molecular complexity index is 598. The molecule has 2 aromatic rings. The summed E-state index contributed by atoms with van der Waals surface area (Å²) in [6.45, 7) is 1.78. The number of alkyl halides is 4. The van der Waals surface area contributed by atoms with Gasteiger partial charge in [-0.15, -0.1) is 0 Å². The van der Waals surface area contributed by atoms with Crippen molar-refractivity contribution in [2.45, 2.75) is 19.3 Å². The van der Waals surface area contributed by atoms with Gasteiger partial charge >= 0.3 is 12.3 Å². The van der Waals surface area contributed by atoms with Gasteiger partial charge in [0.15, 0.2) is 0 Å². The van der Waals surface area contributed by atoms with Crippen molar-refractivity contribution in [2.75, 3.05) is 5.73 Å². The molecule has 0 atom stereocenters. The molecule has 0 unspecified atom stereocenters. The minimum atomic E-state index is -4.41. The summed E-state index contributed by atoms with van der Waals surface area (Å²) in [4.78, 5) is 6.72. The molecule has 0 amide bonds. The second-order valence-electron chi connectivity index (χ2n) is 3.88. The lowest BCUT2D eigenvalue weighted by Crippen LogP contribution is -2.26. The molecule has 0 radical (unpaired) electrons. The Balaban J connectivity index is 2.67. The van der Waals surface area contributed by atoms with Crippen LogP contribution in [0.15, 0.2) is 18.2 Å². The zero-order valence-corrected chi connectivity index (χ0v) is 9.29. The molecule has 0 aliphatic rings. The molecule has 3 nitrogen and oxygen atoms in total. The lowest BCUT2D eigenvalue weighted by Gasteiger charge is -2.14. The molecule has 0 fully saturated rings. The zero-order valence-electron chi connectivity index (χ0n) is 9.29. The monoisotopic (exact) mass is 259 g/mol. The van der Waals surface area contributed by atoms with Gasteiger partial charge in [0.25, 0.3) is 0 Å². The molecule has 96 valence electrons. The summed E-state index contributed by atoms with van der Waals surface area (Å²) in [6, 6.07) is 4.67. The van der Waals surface area contributed by atoms with Gasteiger partial charge in [-0.1, -0.05) is 11.6 Å². The second kappa shape index (κ2) is 4.08. The summed E-state index contributed by atoms with van der Waals surface area (Å²) < 4.78 is 50.7. The fourth-order valence-electron chi connectivity index (χ4n) is 1.51. The molecular formula is C11H9F4N3. The molecule has 0 saturated heterocycles. The molecule has 18 heavy (non-hydrogen) atoms. The van der Waals surface area contributed by atoms with E-state index in [0.717, 1.165) is 5.56 Å². The van der Waals surface area contributed by atoms with E-state index in [2.05, 4.69) is 9.97 Å². The van der Waals surface area contributed by atoms with Crippen LogP contribution in [0.2, 0.25) is 0 Å². The summed E-state index contributed by atoms with van der Waals surface area (Å²) in [5.74, 6) is -5.90. The van der Waals surface area contributed by atoms with Crippen molar-refractivity contribution >= 4 is 16.7 Å². The fraction of sp³-hybridized carbons (Fsp3) is 0.273. The highest BCUT2D eigenvalue weighted by atomic mass is 19.3. The van der Waals surface area contributed by atoms with Gasteiger partial charge in [-0.3, -0.25) is 0 Å². The van der Waals surface area contributed by atoms with Gasteiger partial charge in [0.1, 0.15) is 5.82 Å². The summed E-state index contributed by atoms with van der Waals surface area (Å²) in [5, 5.41) is 0.365. The van der Waals surface area contributed by atoms with Crippen molar-refractivity contribution in [3.8, 4) is 0 Å². The molecule has 1 aromatic carbocycles. The highest BCUT2D eigenvalue weighted by Crippen LogP contribution is 2.34. The number of fused-ring (bicyclic) bond motifs is 1. The zero-order chi connectivity index (χ0) is 13.5. The Kier molecular flexibility index (Phi) is 2.84. The predicted molar refractivity (Wildman–Crippen MR) is 58.6 cm³/mol. The maximum Gasteiger partial charge on any atom is 0.365 e. The van der Waals surface area contributed by atoms with Crippen LogP contribution in [0.3, 0.4) is 0 Å². The van der Waals surface area contributed by atoms with Crippen LogP contribution in [0, 0.1) is 6.92 Å². The molecule has 0 saturated carbocycles. The first kappa shape index (κ1) is 12.5. The maximum absolute atomic E-state index is 13.1. The molecule has 1 aromatic heterocycles. The number of aromatic nitrogens is 2. The highest BCUT2D eigenvalue weighted by Gasteiger charge is 2.46. The quantitative estimate of drug-likeness (QED) is 0.844. The molecule has 2 rings (SSSR count). The lowest BCUT2D eigenvalue weighted by atomic mass is 10.1. The highest BCUT2D eigenvalue weighted by molar-refractivity contribution is 5.88. The van der Waals surface area contributed by atoms with E-state index < -0.39 is 18.2 Å². The topological polar surface area (TPSA) is 51.8 Å². The average Bonchev–Trinajstić information content (AvgIpc) is 2.29. The van der Waals surface area contributed by atoms with E-state index in [1.54, 1.807) is 19.1 Å². The Morgan fingerprint density at radius 3 is 2.50 bits per heavy atom. The Hall–Kier alpha value is -1.92. The number of rotatable bonds is 2. The first-order valence-electron chi connectivity index (χ1n) is 5.02. The number of aryl methyl sites for hydroxylation is 1. The van der Waals surface area contributed by atoms with Crippen LogP contribution in [0.25, 0.3) is 10.9 Å². The number of anilines is 1. The third-order valence-electron chi connectivity index (χ3n) is 2.45. The van der Waals surface area contributed by atoms with Crippen LogP contribution in [0.5, 0.6) is 0 Å². The number of halogens is 4. The molecule has 0 aliphatic carbocycles. The van der Waals surface area contributed by atoms with Crippen LogP contribution in [0.4, 0.5) is 23.4 Å². The third kappa shape index (κ3) is 1.96. The molecule has 0 bridgehead atoms. The first-order chi connectivity index (χ1) is 8.32. The Labute approximate surface area is 99.6 Å². The fourth-order valence-corrected chi connectivity index (χ4v) is 1.51. The van der Waals surface area contributed by atoms with Crippen molar-refractivity contribution in [1.82, 2.24) is 9.97 Å². The minimum absolute atomic E-state index is 0.114.